The number of fused-ring (bicyclic) bond motifs is 1. The largest absolute Gasteiger partial charge is 0.493 e. The molecule has 9 heteroatoms. The van der Waals surface area contributed by atoms with E-state index >= 15 is 0 Å². The minimum atomic E-state index is -0.353. The first kappa shape index (κ1) is 21.9. The SMILES string of the molecule is CCn1cc(CCCOc2ccc(SNc3ccc(Cl)c4c(Cl)c[nH]c34)c(F)c2)cn1. The van der Waals surface area contributed by atoms with Gasteiger partial charge in [-0.3, -0.25) is 4.68 Å². The van der Waals surface area contributed by atoms with Crippen molar-refractivity contribution in [1.82, 2.24) is 14.8 Å². The number of H-pyrrole nitrogens is 1. The van der Waals surface area contributed by atoms with Crippen molar-refractivity contribution in [3.8, 4) is 5.75 Å². The van der Waals surface area contributed by atoms with Crippen LogP contribution in [0.2, 0.25) is 10.0 Å². The minimum absolute atomic E-state index is 0.353. The van der Waals surface area contributed by atoms with E-state index in [2.05, 4.69) is 21.7 Å². The highest BCUT2D eigenvalue weighted by molar-refractivity contribution is 8.00. The van der Waals surface area contributed by atoms with E-state index in [1.807, 2.05) is 23.1 Å². The Bertz CT molecular complexity index is 1190. The van der Waals surface area contributed by atoms with Crippen molar-refractivity contribution in [3.63, 3.8) is 0 Å². The first-order valence-corrected chi connectivity index (χ1v) is 11.4. The van der Waals surface area contributed by atoms with Crippen molar-refractivity contribution in [2.24, 2.45) is 0 Å². The highest BCUT2D eigenvalue weighted by Gasteiger charge is 2.12. The summed E-state index contributed by atoms with van der Waals surface area (Å²) in [6.45, 7) is 3.42. The molecule has 0 bridgehead atoms. The number of ether oxygens (including phenoxy) is 1. The summed E-state index contributed by atoms with van der Waals surface area (Å²) in [5.41, 5.74) is 2.71. The number of anilines is 1. The van der Waals surface area contributed by atoms with E-state index in [0.29, 0.717) is 27.3 Å². The molecule has 0 spiro atoms. The number of benzene rings is 2. The predicted octanol–water partition coefficient (Wildman–Crippen LogP) is 6.96. The van der Waals surface area contributed by atoms with Gasteiger partial charge in [0.25, 0.3) is 0 Å². The Kier molecular flexibility index (Phi) is 6.95. The first-order chi connectivity index (χ1) is 15.0. The molecule has 0 unspecified atom stereocenters. The predicted molar refractivity (Wildman–Crippen MR) is 126 cm³/mol. The van der Waals surface area contributed by atoms with Crippen LogP contribution < -0.4 is 9.46 Å². The molecule has 0 aliphatic heterocycles. The molecule has 0 amide bonds. The Morgan fingerprint density at radius 2 is 2.10 bits per heavy atom. The lowest BCUT2D eigenvalue weighted by Gasteiger charge is -2.10. The maximum atomic E-state index is 14.5. The number of aryl methyl sites for hydroxylation is 2. The van der Waals surface area contributed by atoms with Gasteiger partial charge in [0, 0.05) is 30.4 Å². The molecule has 0 radical (unpaired) electrons. The third kappa shape index (κ3) is 5.11. The zero-order valence-electron chi connectivity index (χ0n) is 16.8. The topological polar surface area (TPSA) is 54.9 Å². The number of aromatic amines is 1. The van der Waals surface area contributed by atoms with Crippen molar-refractivity contribution in [3.05, 3.63) is 70.3 Å². The number of hydrogen-bond acceptors (Lipinski definition) is 4. The van der Waals surface area contributed by atoms with Crippen LogP contribution in [0.4, 0.5) is 10.1 Å². The Hall–Kier alpha value is -2.35. The lowest BCUT2D eigenvalue weighted by molar-refractivity contribution is 0.309. The van der Waals surface area contributed by atoms with Gasteiger partial charge in [-0.25, -0.2) is 4.39 Å². The van der Waals surface area contributed by atoms with Gasteiger partial charge in [-0.05, 0) is 61.5 Å². The van der Waals surface area contributed by atoms with E-state index in [1.54, 1.807) is 24.4 Å². The van der Waals surface area contributed by atoms with E-state index in [9.17, 15) is 4.39 Å². The Morgan fingerprint density at radius 1 is 1.23 bits per heavy atom. The van der Waals surface area contributed by atoms with Gasteiger partial charge in [-0.15, -0.1) is 0 Å². The minimum Gasteiger partial charge on any atom is -0.493 e. The van der Waals surface area contributed by atoms with Crippen molar-refractivity contribution in [1.29, 1.82) is 0 Å². The molecular weight excluding hydrogens is 458 g/mol. The number of aromatic nitrogens is 3. The van der Waals surface area contributed by atoms with E-state index in [1.165, 1.54) is 23.6 Å². The number of hydrogen-bond donors (Lipinski definition) is 2. The maximum absolute atomic E-state index is 14.5. The summed E-state index contributed by atoms with van der Waals surface area (Å²) in [6, 6.07) is 8.45. The van der Waals surface area contributed by atoms with Gasteiger partial charge in [0.2, 0.25) is 0 Å². The fourth-order valence-corrected chi connectivity index (χ4v) is 4.43. The Balaban J connectivity index is 1.32. The van der Waals surface area contributed by atoms with E-state index in [4.69, 9.17) is 27.9 Å². The quantitative estimate of drug-likeness (QED) is 0.201. The van der Waals surface area contributed by atoms with Crippen molar-refractivity contribution in [2.75, 3.05) is 11.3 Å². The molecule has 0 fully saturated rings. The van der Waals surface area contributed by atoms with Crippen LogP contribution in [0, 0.1) is 5.82 Å². The van der Waals surface area contributed by atoms with Crippen LogP contribution in [0.1, 0.15) is 18.9 Å². The second-order valence-corrected chi connectivity index (χ2v) is 8.60. The fourth-order valence-electron chi connectivity index (χ4n) is 3.19. The Morgan fingerprint density at radius 3 is 2.87 bits per heavy atom. The van der Waals surface area contributed by atoms with Crippen LogP contribution in [0.15, 0.2) is 53.8 Å². The van der Waals surface area contributed by atoms with Gasteiger partial charge in [-0.2, -0.15) is 5.10 Å². The van der Waals surface area contributed by atoms with Crippen LogP contribution in [0.3, 0.4) is 0 Å². The monoisotopic (exact) mass is 478 g/mol. The third-order valence-electron chi connectivity index (χ3n) is 4.80. The van der Waals surface area contributed by atoms with Crippen molar-refractivity contribution >= 4 is 51.7 Å². The van der Waals surface area contributed by atoms with Crippen molar-refractivity contribution < 1.29 is 9.13 Å². The van der Waals surface area contributed by atoms with E-state index in [-0.39, 0.29) is 5.82 Å². The normalized spacial score (nSPS) is 11.2. The van der Waals surface area contributed by atoms with E-state index in [0.717, 1.165) is 36.0 Å². The zero-order chi connectivity index (χ0) is 21.8. The van der Waals surface area contributed by atoms with Crippen molar-refractivity contribution in [2.45, 2.75) is 31.2 Å². The van der Waals surface area contributed by atoms with Crippen LogP contribution in [0.5, 0.6) is 5.75 Å². The average Bonchev–Trinajstić information content (AvgIpc) is 3.39. The van der Waals surface area contributed by atoms with Gasteiger partial charge >= 0.3 is 0 Å². The smallest absolute Gasteiger partial charge is 0.142 e. The van der Waals surface area contributed by atoms with Gasteiger partial charge in [0.05, 0.1) is 38.9 Å². The lowest BCUT2D eigenvalue weighted by Crippen LogP contribution is -2.00. The zero-order valence-corrected chi connectivity index (χ0v) is 19.1. The number of rotatable bonds is 9. The van der Waals surface area contributed by atoms with Crippen LogP contribution in [0.25, 0.3) is 10.9 Å². The molecule has 0 saturated heterocycles. The number of nitrogens with zero attached hydrogens (tertiary/aromatic N) is 2. The lowest BCUT2D eigenvalue weighted by atomic mass is 10.2. The van der Waals surface area contributed by atoms with Gasteiger partial charge < -0.3 is 14.4 Å². The fraction of sp³-hybridized carbons (Fsp3) is 0.227. The summed E-state index contributed by atoms with van der Waals surface area (Å²) in [5.74, 6) is 0.157. The van der Waals surface area contributed by atoms with Crippen LogP contribution >= 0.6 is 35.1 Å². The first-order valence-electron chi connectivity index (χ1n) is 9.86. The average molecular weight is 479 g/mol. The molecule has 0 aliphatic carbocycles. The molecule has 0 atom stereocenters. The van der Waals surface area contributed by atoms with Crippen LogP contribution in [-0.4, -0.2) is 21.4 Å². The molecule has 162 valence electrons. The summed E-state index contributed by atoms with van der Waals surface area (Å²) >= 11 is 13.6. The van der Waals surface area contributed by atoms with E-state index < -0.39 is 0 Å². The molecule has 2 aromatic carbocycles. The number of nitrogens with one attached hydrogen (secondary N) is 2. The molecule has 4 aromatic rings. The second-order valence-electron chi connectivity index (χ2n) is 6.93. The molecule has 0 saturated carbocycles. The molecular formula is C22H21Cl2FN4OS. The summed E-state index contributed by atoms with van der Waals surface area (Å²) < 4.78 is 25.3. The summed E-state index contributed by atoms with van der Waals surface area (Å²) in [4.78, 5) is 3.55. The number of halogens is 3. The highest BCUT2D eigenvalue weighted by atomic mass is 35.5. The highest BCUT2D eigenvalue weighted by Crippen LogP contribution is 2.36. The van der Waals surface area contributed by atoms with Gasteiger partial charge in [0.15, 0.2) is 0 Å². The molecule has 2 N–H and O–H groups in total. The summed E-state index contributed by atoms with van der Waals surface area (Å²) in [7, 11) is 0. The third-order valence-corrected chi connectivity index (χ3v) is 6.29. The summed E-state index contributed by atoms with van der Waals surface area (Å²) in [6.07, 6.45) is 7.29. The Labute approximate surface area is 194 Å². The standard InChI is InChI=1S/C22H21Cl2FN4OS/c1-2-29-13-14(11-27-29)4-3-9-30-15-5-8-20(18(25)10-15)31-28-19-7-6-16(23)21-17(24)12-26-22(19)21/h5-8,10-13,26,28H,2-4,9H2,1H3. The maximum Gasteiger partial charge on any atom is 0.142 e. The molecule has 31 heavy (non-hydrogen) atoms. The molecule has 2 heterocycles. The van der Waals surface area contributed by atoms with Gasteiger partial charge in [-0.1, -0.05) is 23.2 Å². The van der Waals surface area contributed by atoms with Gasteiger partial charge in [0.1, 0.15) is 11.6 Å². The summed E-state index contributed by atoms with van der Waals surface area (Å²) in [5, 5.41) is 6.09. The molecule has 4 rings (SSSR count). The van der Waals surface area contributed by atoms with Crippen LogP contribution in [-0.2, 0) is 13.0 Å². The second kappa shape index (κ2) is 9.85. The molecule has 2 aromatic heterocycles. The molecule has 0 aliphatic rings. The molecule has 5 nitrogen and oxygen atoms in total.